The molecule has 4 aromatic rings. The van der Waals surface area contributed by atoms with Crippen molar-refractivity contribution in [2.24, 2.45) is 5.14 Å². The summed E-state index contributed by atoms with van der Waals surface area (Å²) in [7, 11) is -1.69. The van der Waals surface area contributed by atoms with Crippen molar-refractivity contribution >= 4 is 56.9 Å². The predicted molar refractivity (Wildman–Crippen MR) is 138 cm³/mol. The van der Waals surface area contributed by atoms with Crippen molar-refractivity contribution in [2.75, 3.05) is 23.0 Å². The van der Waals surface area contributed by atoms with E-state index in [-0.39, 0.29) is 18.2 Å². The van der Waals surface area contributed by atoms with Gasteiger partial charge in [0.15, 0.2) is 0 Å². The number of nitrogens with zero attached hydrogens (tertiary/aromatic N) is 4. The van der Waals surface area contributed by atoms with Crippen LogP contribution in [0.15, 0.2) is 54.7 Å². The molecule has 0 atom stereocenters. The fourth-order valence-corrected chi connectivity index (χ4v) is 4.21. The summed E-state index contributed by atoms with van der Waals surface area (Å²) >= 11 is 0. The third-order valence-corrected chi connectivity index (χ3v) is 5.80. The van der Waals surface area contributed by atoms with Crippen LogP contribution in [0.25, 0.3) is 11.0 Å². The molecule has 0 radical (unpaired) electrons. The van der Waals surface area contributed by atoms with Gasteiger partial charge in [0.2, 0.25) is 21.9 Å². The summed E-state index contributed by atoms with van der Waals surface area (Å²) in [6.45, 7) is 3.52. The summed E-state index contributed by atoms with van der Waals surface area (Å²) in [6.07, 6.45) is 1.67. The summed E-state index contributed by atoms with van der Waals surface area (Å²) in [5, 5.41) is 14.6. The third-order valence-electron chi connectivity index (χ3n) is 5.06. The van der Waals surface area contributed by atoms with E-state index < -0.39 is 10.0 Å². The minimum atomic E-state index is -3.56. The average molecular weight is 503 g/mol. The summed E-state index contributed by atoms with van der Waals surface area (Å²) in [4.78, 5) is 13.4. The molecule has 12 heteroatoms. The van der Waals surface area contributed by atoms with E-state index in [4.69, 9.17) is 5.14 Å². The Morgan fingerprint density at radius 2 is 1.76 bits per heavy atom. The second-order valence-electron chi connectivity index (χ2n) is 7.50. The van der Waals surface area contributed by atoms with Gasteiger partial charge in [-0.2, -0.15) is 4.98 Å². The molecular weight excluding hydrogens is 476 g/mol. The minimum Gasteiger partial charge on any atom is -0.366 e. The molecule has 2 aromatic carbocycles. The number of imidazole rings is 1. The van der Waals surface area contributed by atoms with E-state index in [1.165, 1.54) is 0 Å². The number of rotatable bonds is 9. The number of hydrogen-bond donors (Lipinski definition) is 4. The molecule has 4 rings (SSSR count). The first-order valence-electron chi connectivity index (χ1n) is 10.4. The van der Waals surface area contributed by atoms with Gasteiger partial charge in [-0.25, -0.2) is 23.5 Å². The van der Waals surface area contributed by atoms with Gasteiger partial charge in [-0.1, -0.05) is 18.2 Å². The Morgan fingerprint density at radius 3 is 2.44 bits per heavy atom. The van der Waals surface area contributed by atoms with E-state index in [0.29, 0.717) is 23.9 Å². The highest BCUT2D eigenvalue weighted by molar-refractivity contribution is 7.88. The summed E-state index contributed by atoms with van der Waals surface area (Å²) in [6, 6.07) is 14.9. The normalized spacial score (nSPS) is 11.1. The number of hydrogen-bond acceptors (Lipinski definition) is 8. The molecule has 2 heterocycles. The topological polar surface area (TPSA) is 140 Å². The molecule has 5 N–H and O–H groups in total. The van der Waals surface area contributed by atoms with Gasteiger partial charge in [0.05, 0.1) is 16.8 Å². The highest BCUT2D eigenvalue weighted by Gasteiger charge is 2.09. The van der Waals surface area contributed by atoms with Gasteiger partial charge in [0.25, 0.3) is 0 Å². The zero-order valence-corrected chi connectivity index (χ0v) is 20.4. The summed E-state index contributed by atoms with van der Waals surface area (Å²) in [5.74, 6) is 1.74. The van der Waals surface area contributed by atoms with Crippen LogP contribution in [-0.2, 0) is 28.9 Å². The van der Waals surface area contributed by atoms with Gasteiger partial charge in [0.1, 0.15) is 5.82 Å². The number of sulfonamides is 1. The average Bonchev–Trinajstić information content (AvgIpc) is 3.15. The van der Waals surface area contributed by atoms with E-state index >= 15 is 0 Å². The number of aryl methyl sites for hydroxylation is 1. The van der Waals surface area contributed by atoms with E-state index in [9.17, 15) is 8.42 Å². The van der Waals surface area contributed by atoms with Crippen LogP contribution in [0.4, 0.5) is 23.4 Å². The molecule has 0 unspecified atom stereocenters. The molecule has 2 aromatic heterocycles. The van der Waals surface area contributed by atoms with Crippen molar-refractivity contribution < 1.29 is 8.42 Å². The maximum absolute atomic E-state index is 11.2. The molecule has 0 aliphatic rings. The molecule has 0 saturated carbocycles. The van der Waals surface area contributed by atoms with Crippen LogP contribution in [0.2, 0.25) is 0 Å². The minimum absolute atomic E-state index is 0. The van der Waals surface area contributed by atoms with Gasteiger partial charge in [-0.05, 0) is 48.4 Å². The second kappa shape index (κ2) is 10.7. The Morgan fingerprint density at radius 1 is 1.03 bits per heavy atom. The van der Waals surface area contributed by atoms with E-state index in [0.717, 1.165) is 34.8 Å². The monoisotopic (exact) mass is 502 g/mol. The first-order chi connectivity index (χ1) is 15.8. The number of nitrogens with two attached hydrogens (primary N) is 1. The largest absolute Gasteiger partial charge is 0.366 e. The van der Waals surface area contributed by atoms with Crippen LogP contribution in [0.5, 0.6) is 0 Å². The predicted octanol–water partition coefficient (Wildman–Crippen LogP) is 3.45. The number of nitrogens with one attached hydrogen (secondary N) is 3. The molecule has 0 fully saturated rings. The molecule has 180 valence electrons. The van der Waals surface area contributed by atoms with Crippen LogP contribution < -0.4 is 21.1 Å². The van der Waals surface area contributed by atoms with Gasteiger partial charge in [-0.15, -0.1) is 12.4 Å². The Kier molecular flexibility index (Phi) is 7.92. The molecular formula is C22H27ClN8O2S. The SMILES string of the molecule is CCn1c(NC)nc2cc(CNc3ccnc(Nc4ccc(CS(N)(=O)=O)cc4)n3)ccc21.Cl. The standard InChI is InChI=1S/C22H26N8O2S.ClH/c1-3-30-19-9-6-16(12-18(19)28-22(30)24-2)13-26-20-10-11-25-21(29-20)27-17-7-4-15(5-8-17)14-33(23,31)32;/h4-12H,3,13-14H2,1-2H3,(H,24,28)(H2,23,31,32)(H2,25,26,27,29);1H. The number of anilines is 4. The fourth-order valence-electron chi connectivity index (χ4n) is 3.55. The highest BCUT2D eigenvalue weighted by atomic mass is 35.5. The molecule has 0 saturated heterocycles. The van der Waals surface area contributed by atoms with Crippen LogP contribution in [-0.4, -0.2) is 35.0 Å². The Labute approximate surface area is 204 Å². The second-order valence-corrected chi connectivity index (χ2v) is 9.12. The van der Waals surface area contributed by atoms with Crippen molar-refractivity contribution in [1.29, 1.82) is 0 Å². The van der Waals surface area contributed by atoms with Gasteiger partial charge in [-0.3, -0.25) is 0 Å². The van der Waals surface area contributed by atoms with Gasteiger partial charge < -0.3 is 20.5 Å². The van der Waals surface area contributed by atoms with Crippen molar-refractivity contribution in [3.8, 4) is 0 Å². The van der Waals surface area contributed by atoms with E-state index in [1.54, 1.807) is 36.5 Å². The lowest BCUT2D eigenvalue weighted by Gasteiger charge is -2.09. The molecule has 0 aliphatic heterocycles. The number of halogens is 1. The van der Waals surface area contributed by atoms with Gasteiger partial charge in [0, 0.05) is 32.0 Å². The summed E-state index contributed by atoms with van der Waals surface area (Å²) < 4.78 is 24.6. The first kappa shape index (κ1) is 25.2. The first-order valence-corrected chi connectivity index (χ1v) is 12.2. The maximum atomic E-state index is 11.2. The van der Waals surface area contributed by atoms with Crippen molar-refractivity contribution in [1.82, 2.24) is 19.5 Å². The Hall–Kier alpha value is -3.41. The van der Waals surface area contributed by atoms with Crippen molar-refractivity contribution in [3.05, 3.63) is 65.9 Å². The number of primary sulfonamides is 1. The Bertz CT molecular complexity index is 1370. The van der Waals surface area contributed by atoms with Gasteiger partial charge >= 0.3 is 0 Å². The zero-order valence-electron chi connectivity index (χ0n) is 18.8. The maximum Gasteiger partial charge on any atom is 0.229 e. The smallest absolute Gasteiger partial charge is 0.229 e. The third kappa shape index (κ3) is 6.13. The quantitative estimate of drug-likeness (QED) is 0.273. The number of aromatic nitrogens is 4. The molecule has 34 heavy (non-hydrogen) atoms. The number of benzene rings is 2. The van der Waals surface area contributed by atoms with Crippen LogP contribution >= 0.6 is 12.4 Å². The molecule has 0 bridgehead atoms. The lowest BCUT2D eigenvalue weighted by molar-refractivity contribution is 0.597. The van der Waals surface area contributed by atoms with E-state index in [2.05, 4.69) is 60.6 Å². The number of fused-ring (bicyclic) bond motifs is 1. The molecule has 10 nitrogen and oxygen atoms in total. The lowest BCUT2D eigenvalue weighted by Crippen LogP contribution is -2.14. The lowest BCUT2D eigenvalue weighted by atomic mass is 10.2. The van der Waals surface area contributed by atoms with Crippen molar-refractivity contribution in [3.63, 3.8) is 0 Å². The molecule has 0 amide bonds. The zero-order chi connectivity index (χ0) is 23.4. The molecule has 0 spiro atoms. The molecule has 0 aliphatic carbocycles. The van der Waals surface area contributed by atoms with Crippen LogP contribution in [0.1, 0.15) is 18.1 Å². The highest BCUT2D eigenvalue weighted by Crippen LogP contribution is 2.22. The Balaban J connectivity index is 0.00000324. The van der Waals surface area contributed by atoms with Crippen molar-refractivity contribution in [2.45, 2.75) is 25.8 Å². The fraction of sp³-hybridized carbons (Fsp3) is 0.227. The van der Waals surface area contributed by atoms with Crippen LogP contribution in [0, 0.1) is 0 Å². The van der Waals surface area contributed by atoms with Crippen LogP contribution in [0.3, 0.4) is 0 Å². The summed E-state index contributed by atoms with van der Waals surface area (Å²) in [5.41, 5.74) is 4.47. The van der Waals surface area contributed by atoms with E-state index in [1.807, 2.05) is 7.05 Å².